The lowest BCUT2D eigenvalue weighted by atomic mass is 10.1. The van der Waals surface area contributed by atoms with Crippen molar-refractivity contribution in [3.8, 4) is 11.5 Å². The molecular weight excluding hydrogens is 296 g/mol. The number of aromatic hydroxyl groups is 1. The summed E-state index contributed by atoms with van der Waals surface area (Å²) in [5, 5.41) is 15.8. The van der Waals surface area contributed by atoms with Crippen molar-refractivity contribution in [1.82, 2.24) is 10.6 Å². The van der Waals surface area contributed by atoms with E-state index in [-0.39, 0.29) is 5.75 Å². The van der Waals surface area contributed by atoms with Gasteiger partial charge in [-0.3, -0.25) is 0 Å². The van der Waals surface area contributed by atoms with E-state index in [1.807, 2.05) is 40.7 Å². The summed E-state index contributed by atoms with van der Waals surface area (Å²) < 4.78 is 10.3. The van der Waals surface area contributed by atoms with Crippen LogP contribution in [0.1, 0.15) is 40.2 Å². The summed E-state index contributed by atoms with van der Waals surface area (Å²) in [7, 11) is 1.51. The third-order valence-electron chi connectivity index (χ3n) is 2.98. The molecule has 6 nitrogen and oxygen atoms in total. The minimum Gasteiger partial charge on any atom is -0.504 e. The monoisotopic (exact) mass is 324 g/mol. The summed E-state index contributed by atoms with van der Waals surface area (Å²) in [5.74, 6) is 0.554. The van der Waals surface area contributed by atoms with E-state index in [1.165, 1.54) is 7.11 Å². The molecule has 0 saturated carbocycles. The van der Waals surface area contributed by atoms with Crippen molar-refractivity contribution in [1.29, 1.82) is 0 Å². The second-order valence-corrected chi connectivity index (χ2v) is 7.12. The average Bonchev–Trinajstić information content (AvgIpc) is 2.35. The van der Waals surface area contributed by atoms with Crippen LogP contribution in [0.25, 0.3) is 0 Å². The number of carbonyl (C=O) groups excluding carboxylic acids is 1. The van der Waals surface area contributed by atoms with Crippen molar-refractivity contribution in [3.63, 3.8) is 0 Å². The lowest BCUT2D eigenvalue weighted by Gasteiger charge is -2.29. The maximum Gasteiger partial charge on any atom is 0.408 e. The normalized spacial score (nSPS) is 11.9. The fourth-order valence-corrected chi connectivity index (χ4v) is 1.99. The lowest BCUT2D eigenvalue weighted by Crippen LogP contribution is -2.51. The van der Waals surface area contributed by atoms with Gasteiger partial charge < -0.3 is 25.2 Å². The van der Waals surface area contributed by atoms with Crippen molar-refractivity contribution < 1.29 is 19.4 Å². The first-order valence-corrected chi connectivity index (χ1v) is 7.60. The fourth-order valence-electron chi connectivity index (χ4n) is 1.99. The molecule has 1 rings (SSSR count). The standard InChI is InChI=1S/C17H28N2O4/c1-16(2,3)23-15(21)19-17(4,5)11-18-10-12-7-8-14(22-6)13(20)9-12/h7-9,18,20H,10-11H2,1-6H3,(H,19,21). The minimum atomic E-state index is -0.520. The molecule has 0 spiro atoms. The van der Waals surface area contributed by atoms with Crippen LogP contribution < -0.4 is 15.4 Å². The number of ether oxygens (including phenoxy) is 2. The van der Waals surface area contributed by atoms with Gasteiger partial charge in [0.05, 0.1) is 12.6 Å². The van der Waals surface area contributed by atoms with Crippen molar-refractivity contribution in [3.05, 3.63) is 23.8 Å². The predicted molar refractivity (Wildman–Crippen MR) is 89.8 cm³/mol. The highest BCUT2D eigenvalue weighted by molar-refractivity contribution is 5.68. The Hall–Kier alpha value is -1.95. The molecule has 0 aliphatic carbocycles. The van der Waals surface area contributed by atoms with Gasteiger partial charge in [-0.25, -0.2) is 4.79 Å². The number of carbonyl (C=O) groups is 1. The van der Waals surface area contributed by atoms with Gasteiger partial charge in [-0.1, -0.05) is 6.07 Å². The summed E-state index contributed by atoms with van der Waals surface area (Å²) >= 11 is 0. The Morgan fingerprint density at radius 1 is 1.22 bits per heavy atom. The van der Waals surface area contributed by atoms with Crippen LogP contribution in [0.15, 0.2) is 18.2 Å². The van der Waals surface area contributed by atoms with Gasteiger partial charge in [0.25, 0.3) is 0 Å². The predicted octanol–water partition coefficient (Wildman–Crippen LogP) is 2.79. The molecule has 0 atom stereocenters. The van der Waals surface area contributed by atoms with Gasteiger partial charge in [-0.2, -0.15) is 0 Å². The first-order valence-electron chi connectivity index (χ1n) is 7.60. The highest BCUT2D eigenvalue weighted by atomic mass is 16.6. The van der Waals surface area contributed by atoms with Gasteiger partial charge in [0.15, 0.2) is 11.5 Å². The van der Waals surface area contributed by atoms with Gasteiger partial charge in [-0.15, -0.1) is 0 Å². The number of alkyl carbamates (subject to hydrolysis) is 1. The van der Waals surface area contributed by atoms with Crippen LogP contribution in [-0.2, 0) is 11.3 Å². The molecule has 0 bridgehead atoms. The van der Waals surface area contributed by atoms with E-state index in [2.05, 4.69) is 10.6 Å². The Morgan fingerprint density at radius 2 is 1.87 bits per heavy atom. The quantitative estimate of drug-likeness (QED) is 0.750. The summed E-state index contributed by atoms with van der Waals surface area (Å²) in [6, 6.07) is 5.25. The summed E-state index contributed by atoms with van der Waals surface area (Å²) in [6.07, 6.45) is -0.439. The van der Waals surface area contributed by atoms with E-state index in [9.17, 15) is 9.90 Å². The Morgan fingerprint density at radius 3 is 2.39 bits per heavy atom. The summed E-state index contributed by atoms with van der Waals surface area (Å²) in [5.41, 5.74) is -0.0539. The zero-order valence-electron chi connectivity index (χ0n) is 14.8. The largest absolute Gasteiger partial charge is 0.504 e. The second-order valence-electron chi connectivity index (χ2n) is 7.12. The van der Waals surface area contributed by atoms with E-state index in [0.717, 1.165) is 5.56 Å². The molecule has 0 heterocycles. The molecule has 0 saturated heterocycles. The van der Waals surface area contributed by atoms with E-state index < -0.39 is 17.2 Å². The molecule has 1 aromatic rings. The average molecular weight is 324 g/mol. The number of nitrogens with one attached hydrogen (secondary N) is 2. The Labute approximate surface area is 138 Å². The van der Waals surface area contributed by atoms with E-state index in [4.69, 9.17) is 9.47 Å². The maximum absolute atomic E-state index is 11.8. The van der Waals surface area contributed by atoms with Crippen LogP contribution in [0.4, 0.5) is 4.79 Å². The van der Waals surface area contributed by atoms with Crippen molar-refractivity contribution in [2.45, 2.75) is 52.3 Å². The van der Waals surface area contributed by atoms with Gasteiger partial charge >= 0.3 is 6.09 Å². The topological polar surface area (TPSA) is 79.8 Å². The molecule has 0 radical (unpaired) electrons. The maximum atomic E-state index is 11.8. The second kappa shape index (κ2) is 7.55. The molecule has 3 N–H and O–H groups in total. The lowest BCUT2D eigenvalue weighted by molar-refractivity contribution is 0.0472. The minimum absolute atomic E-state index is 0.109. The van der Waals surface area contributed by atoms with E-state index >= 15 is 0 Å². The number of phenolic OH excluding ortho intramolecular Hbond substituents is 1. The molecule has 130 valence electrons. The Balaban J connectivity index is 2.47. The first kappa shape index (κ1) is 19.1. The zero-order valence-corrected chi connectivity index (χ0v) is 14.8. The number of phenols is 1. The number of amides is 1. The van der Waals surface area contributed by atoms with Gasteiger partial charge in [0.1, 0.15) is 5.60 Å². The van der Waals surface area contributed by atoms with E-state index in [0.29, 0.717) is 18.8 Å². The van der Waals surface area contributed by atoms with Crippen LogP contribution in [-0.4, -0.2) is 36.0 Å². The number of hydrogen-bond donors (Lipinski definition) is 3. The molecule has 6 heteroatoms. The van der Waals surface area contributed by atoms with E-state index in [1.54, 1.807) is 12.1 Å². The third kappa shape index (κ3) is 7.23. The van der Waals surface area contributed by atoms with Crippen LogP contribution in [0, 0.1) is 0 Å². The van der Waals surface area contributed by atoms with Crippen molar-refractivity contribution in [2.24, 2.45) is 0 Å². The summed E-state index contributed by atoms with van der Waals surface area (Å²) in [6.45, 7) is 10.4. The molecule has 1 aromatic carbocycles. The van der Waals surface area contributed by atoms with Crippen molar-refractivity contribution in [2.75, 3.05) is 13.7 Å². The third-order valence-corrected chi connectivity index (χ3v) is 2.98. The molecule has 1 amide bonds. The van der Waals surface area contributed by atoms with Crippen molar-refractivity contribution >= 4 is 6.09 Å². The molecule has 23 heavy (non-hydrogen) atoms. The summed E-state index contributed by atoms with van der Waals surface area (Å²) in [4.78, 5) is 11.8. The molecule has 0 fully saturated rings. The van der Waals surface area contributed by atoms with Crippen LogP contribution in [0.3, 0.4) is 0 Å². The molecule has 0 aliphatic heterocycles. The first-order chi connectivity index (χ1) is 10.5. The Bertz CT molecular complexity index is 536. The van der Waals surface area contributed by atoms with Crippen LogP contribution in [0.5, 0.6) is 11.5 Å². The molecule has 0 unspecified atom stereocenters. The highest BCUT2D eigenvalue weighted by Gasteiger charge is 2.24. The fraction of sp³-hybridized carbons (Fsp3) is 0.588. The Kier molecular flexibility index (Phi) is 6.27. The number of hydrogen-bond acceptors (Lipinski definition) is 5. The number of rotatable bonds is 6. The van der Waals surface area contributed by atoms with Crippen LogP contribution in [0.2, 0.25) is 0 Å². The van der Waals surface area contributed by atoms with Gasteiger partial charge in [0.2, 0.25) is 0 Å². The van der Waals surface area contributed by atoms with Gasteiger partial charge in [-0.05, 0) is 52.3 Å². The number of benzene rings is 1. The zero-order chi connectivity index (χ0) is 17.7. The smallest absolute Gasteiger partial charge is 0.408 e. The molecule has 0 aliphatic rings. The highest BCUT2D eigenvalue weighted by Crippen LogP contribution is 2.26. The SMILES string of the molecule is COc1ccc(CNCC(C)(C)NC(=O)OC(C)(C)C)cc1O. The molecule has 0 aromatic heterocycles. The molecular formula is C17H28N2O4. The van der Waals surface area contributed by atoms with Crippen LogP contribution >= 0.6 is 0 Å². The number of methoxy groups -OCH3 is 1. The van der Waals surface area contributed by atoms with Gasteiger partial charge in [0, 0.05) is 13.1 Å².